The Hall–Kier alpha value is -1.32. The van der Waals surface area contributed by atoms with E-state index in [0.29, 0.717) is 5.69 Å². The maximum Gasteiger partial charge on any atom is 0.335 e. The molecule has 0 unspecified atom stereocenters. The minimum absolute atomic E-state index is 0.0435. The zero-order valence-corrected chi connectivity index (χ0v) is 14.1. The van der Waals surface area contributed by atoms with Gasteiger partial charge in [-0.1, -0.05) is 11.6 Å². The van der Waals surface area contributed by atoms with Crippen molar-refractivity contribution in [2.24, 2.45) is 0 Å². The number of rotatable bonds is 4. The first-order valence-electron chi connectivity index (χ1n) is 5.61. The van der Waals surface area contributed by atoms with E-state index in [0.717, 1.165) is 9.64 Å². The summed E-state index contributed by atoms with van der Waals surface area (Å²) in [5.74, 6) is -1.22. The van der Waals surface area contributed by atoms with Crippen molar-refractivity contribution < 1.29 is 18.3 Å². The van der Waals surface area contributed by atoms with Crippen LogP contribution in [-0.4, -0.2) is 19.5 Å². The van der Waals surface area contributed by atoms with Gasteiger partial charge in [-0.3, -0.25) is 4.72 Å². The van der Waals surface area contributed by atoms with Gasteiger partial charge in [-0.2, -0.15) is 0 Å². The van der Waals surface area contributed by atoms with Crippen LogP contribution in [0.3, 0.4) is 0 Å². The molecule has 0 aliphatic rings. The smallest absolute Gasteiger partial charge is 0.335 e. The van der Waals surface area contributed by atoms with E-state index in [9.17, 15) is 13.2 Å². The molecule has 2 N–H and O–H groups in total. The van der Waals surface area contributed by atoms with Gasteiger partial charge in [0, 0.05) is 9.26 Å². The normalized spacial score (nSPS) is 11.1. The quantitative estimate of drug-likeness (QED) is 0.718. The van der Waals surface area contributed by atoms with Gasteiger partial charge in [-0.15, -0.1) is 0 Å². The molecule has 0 aromatic heterocycles. The van der Waals surface area contributed by atoms with Crippen molar-refractivity contribution in [1.29, 1.82) is 0 Å². The van der Waals surface area contributed by atoms with Crippen molar-refractivity contribution >= 4 is 55.9 Å². The summed E-state index contributed by atoms with van der Waals surface area (Å²) in [4.78, 5) is 10.7. The van der Waals surface area contributed by atoms with E-state index in [-0.39, 0.29) is 15.5 Å². The number of sulfonamides is 1. The van der Waals surface area contributed by atoms with E-state index < -0.39 is 16.0 Å². The molecule has 0 fully saturated rings. The van der Waals surface area contributed by atoms with Gasteiger partial charge >= 0.3 is 5.97 Å². The molecule has 5 nitrogen and oxygen atoms in total. The molecule has 0 saturated heterocycles. The highest BCUT2D eigenvalue weighted by Crippen LogP contribution is 2.25. The Kier molecular flexibility index (Phi) is 4.74. The van der Waals surface area contributed by atoms with Crippen LogP contribution in [0.15, 0.2) is 47.4 Å². The minimum Gasteiger partial charge on any atom is -0.478 e. The topological polar surface area (TPSA) is 83.5 Å². The zero-order valence-electron chi connectivity index (χ0n) is 10.4. The summed E-state index contributed by atoms with van der Waals surface area (Å²) in [6.45, 7) is 0. The van der Waals surface area contributed by atoms with E-state index in [1.54, 1.807) is 24.3 Å². The minimum atomic E-state index is -3.96. The van der Waals surface area contributed by atoms with Gasteiger partial charge in [0.15, 0.2) is 0 Å². The second-order valence-electron chi connectivity index (χ2n) is 4.06. The molecule has 2 rings (SSSR count). The van der Waals surface area contributed by atoms with E-state index in [1.165, 1.54) is 12.1 Å². The second kappa shape index (κ2) is 6.20. The lowest BCUT2D eigenvalue weighted by molar-refractivity contribution is 0.0696. The second-order valence-corrected chi connectivity index (χ2v) is 7.37. The van der Waals surface area contributed by atoms with Crippen LogP contribution in [-0.2, 0) is 10.0 Å². The van der Waals surface area contributed by atoms with Crippen molar-refractivity contribution in [2.45, 2.75) is 4.90 Å². The first kappa shape index (κ1) is 16.1. The third kappa shape index (κ3) is 3.86. The summed E-state index contributed by atoms with van der Waals surface area (Å²) in [6.07, 6.45) is 0. The average molecular weight is 438 g/mol. The number of carboxylic acids is 1. The van der Waals surface area contributed by atoms with Crippen LogP contribution in [0, 0.1) is 3.57 Å². The zero-order chi connectivity index (χ0) is 15.6. The van der Waals surface area contributed by atoms with E-state index in [1.807, 2.05) is 0 Å². The Morgan fingerprint density at radius 3 is 2.33 bits per heavy atom. The van der Waals surface area contributed by atoms with Crippen LogP contribution in [0.5, 0.6) is 0 Å². The largest absolute Gasteiger partial charge is 0.478 e. The molecule has 0 radical (unpaired) electrons. The van der Waals surface area contributed by atoms with Crippen molar-refractivity contribution in [2.75, 3.05) is 4.72 Å². The van der Waals surface area contributed by atoms with Gasteiger partial charge in [0.25, 0.3) is 10.0 Å². The Labute approximate surface area is 140 Å². The Bertz CT molecular complexity index is 790. The molecule has 0 atom stereocenters. The molecule has 0 spiro atoms. The van der Waals surface area contributed by atoms with Crippen LogP contribution in [0.25, 0.3) is 0 Å². The predicted octanol–water partition coefficient (Wildman–Crippen LogP) is 3.44. The summed E-state index contributed by atoms with van der Waals surface area (Å²) in [6, 6.07) is 10.2. The number of carboxylic acid groups (broad SMARTS) is 1. The molecule has 0 aliphatic carbocycles. The lowest BCUT2D eigenvalue weighted by Crippen LogP contribution is -2.14. The van der Waals surface area contributed by atoms with Crippen LogP contribution in [0.4, 0.5) is 5.69 Å². The maximum atomic E-state index is 12.3. The van der Waals surface area contributed by atoms with Crippen molar-refractivity contribution in [1.82, 2.24) is 0 Å². The van der Waals surface area contributed by atoms with Crippen molar-refractivity contribution in [3.05, 3.63) is 56.6 Å². The van der Waals surface area contributed by atoms with Crippen LogP contribution < -0.4 is 4.72 Å². The Morgan fingerprint density at radius 1 is 1.14 bits per heavy atom. The molecule has 0 bridgehead atoms. The summed E-state index contributed by atoms with van der Waals surface area (Å²) in [5, 5.41) is 8.88. The fraction of sp³-hybridized carbons (Fsp3) is 0. The molecular weight excluding hydrogens is 429 g/mol. The molecule has 0 heterocycles. The first-order chi connectivity index (χ1) is 9.79. The Balaban J connectivity index is 2.41. The van der Waals surface area contributed by atoms with E-state index in [2.05, 4.69) is 27.3 Å². The van der Waals surface area contributed by atoms with Crippen LogP contribution in [0.1, 0.15) is 10.4 Å². The molecule has 0 amide bonds. The summed E-state index contributed by atoms with van der Waals surface area (Å²) in [7, 11) is -3.96. The van der Waals surface area contributed by atoms with Crippen molar-refractivity contribution in [3.63, 3.8) is 0 Å². The third-order valence-corrected chi connectivity index (χ3v) is 5.15. The monoisotopic (exact) mass is 437 g/mol. The first-order valence-corrected chi connectivity index (χ1v) is 8.55. The van der Waals surface area contributed by atoms with Gasteiger partial charge in [0.05, 0.1) is 10.6 Å². The Morgan fingerprint density at radius 2 is 1.76 bits per heavy atom. The molecule has 21 heavy (non-hydrogen) atoms. The number of benzene rings is 2. The van der Waals surface area contributed by atoms with Gasteiger partial charge < -0.3 is 5.11 Å². The molecule has 0 saturated carbocycles. The molecule has 2 aromatic carbocycles. The van der Waals surface area contributed by atoms with Gasteiger partial charge in [0.1, 0.15) is 4.90 Å². The lowest BCUT2D eigenvalue weighted by Gasteiger charge is -2.10. The van der Waals surface area contributed by atoms with Gasteiger partial charge in [-0.05, 0) is 65.1 Å². The van der Waals surface area contributed by atoms with E-state index in [4.69, 9.17) is 16.7 Å². The molecule has 8 heteroatoms. The molecule has 110 valence electrons. The number of hydrogen-bond acceptors (Lipinski definition) is 3. The maximum absolute atomic E-state index is 12.3. The van der Waals surface area contributed by atoms with E-state index >= 15 is 0 Å². The highest BCUT2D eigenvalue weighted by atomic mass is 127. The number of hydrogen-bond donors (Lipinski definition) is 2. The number of nitrogens with one attached hydrogen (secondary N) is 1. The lowest BCUT2D eigenvalue weighted by atomic mass is 10.2. The predicted molar refractivity (Wildman–Crippen MR) is 88.4 cm³/mol. The van der Waals surface area contributed by atoms with Crippen LogP contribution >= 0.6 is 34.2 Å². The highest BCUT2D eigenvalue weighted by molar-refractivity contribution is 14.1. The standard InChI is InChI=1S/C13H9ClINO4S/c14-11-6-1-8(13(17)18)7-12(11)21(19,20)16-10-4-2-9(15)3-5-10/h1-7,16H,(H,17,18). The fourth-order valence-corrected chi connectivity index (χ4v) is 3.52. The van der Waals surface area contributed by atoms with Crippen LogP contribution in [0.2, 0.25) is 5.02 Å². The number of aromatic carboxylic acids is 1. The summed E-state index contributed by atoms with van der Waals surface area (Å²) < 4.78 is 27.9. The highest BCUT2D eigenvalue weighted by Gasteiger charge is 2.20. The number of carbonyl (C=O) groups is 1. The van der Waals surface area contributed by atoms with Gasteiger partial charge in [-0.25, -0.2) is 13.2 Å². The number of anilines is 1. The third-order valence-electron chi connectivity index (χ3n) is 2.56. The summed E-state index contributed by atoms with van der Waals surface area (Å²) >= 11 is 7.96. The van der Waals surface area contributed by atoms with Gasteiger partial charge in [0.2, 0.25) is 0 Å². The fourth-order valence-electron chi connectivity index (χ4n) is 1.57. The van der Waals surface area contributed by atoms with Crippen molar-refractivity contribution in [3.8, 4) is 0 Å². The summed E-state index contributed by atoms with van der Waals surface area (Å²) in [5.41, 5.74) is 0.217. The molecule has 2 aromatic rings. The molecule has 0 aliphatic heterocycles. The SMILES string of the molecule is O=C(O)c1ccc(Cl)c(S(=O)(=O)Nc2ccc(I)cc2)c1. The number of halogens is 2. The molecular formula is C13H9ClINO4S. The average Bonchev–Trinajstić information content (AvgIpc) is 2.41.